The number of nitrogens with zero attached hydrogens (tertiary/aromatic N) is 3. The molecule has 0 bridgehead atoms. The fraction of sp³-hybridized carbons (Fsp3) is 0.435. The van der Waals surface area contributed by atoms with Crippen LogP contribution in [0.25, 0.3) is 0 Å². The molecule has 148 valence electrons. The molecular formula is C23H30N4O. The third-order valence-electron chi connectivity index (χ3n) is 6.18. The molecule has 2 aromatic rings. The highest BCUT2D eigenvalue weighted by molar-refractivity contribution is 5.95. The Hall–Kier alpha value is -2.37. The van der Waals surface area contributed by atoms with Crippen molar-refractivity contribution >= 4 is 11.6 Å². The van der Waals surface area contributed by atoms with E-state index in [0.717, 1.165) is 38.3 Å². The summed E-state index contributed by atoms with van der Waals surface area (Å²) in [5.74, 6) is 0.288. The van der Waals surface area contributed by atoms with Gasteiger partial charge in [0, 0.05) is 62.5 Å². The average Bonchev–Trinajstić information content (AvgIpc) is 3.15. The first-order chi connectivity index (χ1) is 13.7. The van der Waals surface area contributed by atoms with E-state index in [-0.39, 0.29) is 17.9 Å². The van der Waals surface area contributed by atoms with Crippen LogP contribution in [0.2, 0.25) is 0 Å². The maximum absolute atomic E-state index is 13.0. The molecule has 5 heteroatoms. The normalized spacial score (nSPS) is 23.2. The maximum atomic E-state index is 13.0. The molecule has 0 aliphatic carbocycles. The molecule has 2 aliphatic rings. The Morgan fingerprint density at radius 3 is 2.29 bits per heavy atom. The van der Waals surface area contributed by atoms with Crippen LogP contribution < -0.4 is 10.6 Å². The van der Waals surface area contributed by atoms with E-state index in [1.54, 1.807) is 0 Å². The lowest BCUT2D eigenvalue weighted by molar-refractivity contribution is 0.0789. The number of hydrogen-bond donors (Lipinski definition) is 1. The van der Waals surface area contributed by atoms with Gasteiger partial charge in [-0.05, 0) is 36.4 Å². The van der Waals surface area contributed by atoms with Crippen LogP contribution in [0.1, 0.15) is 28.8 Å². The second-order valence-electron chi connectivity index (χ2n) is 7.86. The van der Waals surface area contributed by atoms with Gasteiger partial charge in [0.05, 0.1) is 0 Å². The summed E-state index contributed by atoms with van der Waals surface area (Å²) < 4.78 is 0. The number of amides is 1. The molecule has 4 rings (SSSR count). The van der Waals surface area contributed by atoms with Gasteiger partial charge < -0.3 is 20.4 Å². The van der Waals surface area contributed by atoms with Gasteiger partial charge in [0.2, 0.25) is 0 Å². The van der Waals surface area contributed by atoms with E-state index < -0.39 is 0 Å². The molecular weight excluding hydrogens is 348 g/mol. The third-order valence-corrected chi connectivity index (χ3v) is 6.18. The summed E-state index contributed by atoms with van der Waals surface area (Å²) in [5, 5.41) is 0. The van der Waals surface area contributed by atoms with Gasteiger partial charge in [-0.15, -0.1) is 0 Å². The summed E-state index contributed by atoms with van der Waals surface area (Å²) in [6.07, 6.45) is 0. The van der Waals surface area contributed by atoms with Crippen molar-refractivity contribution in [3.8, 4) is 0 Å². The standard InChI is InChI=1S/C23H30N4O/c1-2-25-12-14-26(15-13-25)20-10-8-19(9-11-20)23(28)27-16-21(22(24)17-27)18-6-4-3-5-7-18/h3-11,21-22H,2,12-17,24H2,1H3/t21-,22+/m0/s1. The van der Waals surface area contributed by atoms with Crippen molar-refractivity contribution < 1.29 is 4.79 Å². The van der Waals surface area contributed by atoms with Crippen molar-refractivity contribution in [3.63, 3.8) is 0 Å². The Bertz CT molecular complexity index is 784. The molecule has 28 heavy (non-hydrogen) atoms. The van der Waals surface area contributed by atoms with Crippen molar-refractivity contribution in [1.82, 2.24) is 9.80 Å². The predicted octanol–water partition coefficient (Wildman–Crippen LogP) is 2.40. The van der Waals surface area contributed by atoms with Crippen LogP contribution >= 0.6 is 0 Å². The maximum Gasteiger partial charge on any atom is 0.253 e. The summed E-state index contributed by atoms with van der Waals surface area (Å²) in [7, 11) is 0. The molecule has 1 amide bonds. The number of anilines is 1. The van der Waals surface area contributed by atoms with E-state index in [1.165, 1.54) is 11.3 Å². The molecule has 0 spiro atoms. The van der Waals surface area contributed by atoms with E-state index in [2.05, 4.69) is 41.0 Å². The van der Waals surface area contributed by atoms with Crippen molar-refractivity contribution in [1.29, 1.82) is 0 Å². The van der Waals surface area contributed by atoms with Crippen LogP contribution in [0.5, 0.6) is 0 Å². The molecule has 2 fully saturated rings. The second-order valence-corrected chi connectivity index (χ2v) is 7.86. The van der Waals surface area contributed by atoms with E-state index in [1.807, 2.05) is 35.2 Å². The van der Waals surface area contributed by atoms with Crippen molar-refractivity contribution in [2.45, 2.75) is 18.9 Å². The molecule has 0 aromatic heterocycles. The number of likely N-dealkylation sites (N-methyl/N-ethyl adjacent to an activating group) is 1. The minimum atomic E-state index is -0.0134. The van der Waals surface area contributed by atoms with Crippen molar-refractivity contribution in [2.75, 3.05) is 50.7 Å². The van der Waals surface area contributed by atoms with Gasteiger partial charge in [-0.1, -0.05) is 37.3 Å². The molecule has 2 N–H and O–H groups in total. The minimum Gasteiger partial charge on any atom is -0.369 e. The van der Waals surface area contributed by atoms with Gasteiger partial charge in [-0.3, -0.25) is 4.79 Å². The molecule has 2 saturated heterocycles. The van der Waals surface area contributed by atoms with Gasteiger partial charge in [0.1, 0.15) is 0 Å². The van der Waals surface area contributed by atoms with Crippen LogP contribution in [-0.2, 0) is 0 Å². The SMILES string of the molecule is CCN1CCN(c2ccc(C(=O)N3C[C@@H](N)[C@H](c4ccccc4)C3)cc2)CC1. The average molecular weight is 379 g/mol. The minimum absolute atomic E-state index is 0.0134. The highest BCUT2D eigenvalue weighted by Gasteiger charge is 2.34. The summed E-state index contributed by atoms with van der Waals surface area (Å²) in [5.41, 5.74) is 9.52. The highest BCUT2D eigenvalue weighted by Crippen LogP contribution is 2.28. The van der Waals surface area contributed by atoms with E-state index in [4.69, 9.17) is 5.73 Å². The van der Waals surface area contributed by atoms with Crippen LogP contribution in [0.4, 0.5) is 5.69 Å². The predicted molar refractivity (Wildman–Crippen MR) is 114 cm³/mol. The van der Waals surface area contributed by atoms with Gasteiger partial charge >= 0.3 is 0 Å². The van der Waals surface area contributed by atoms with Gasteiger partial charge in [-0.2, -0.15) is 0 Å². The number of carbonyl (C=O) groups excluding carboxylic acids is 1. The zero-order valence-corrected chi connectivity index (χ0v) is 16.6. The van der Waals surface area contributed by atoms with E-state index >= 15 is 0 Å². The number of likely N-dealkylation sites (tertiary alicyclic amines) is 1. The Kier molecular flexibility index (Phi) is 5.64. The number of hydrogen-bond acceptors (Lipinski definition) is 4. The van der Waals surface area contributed by atoms with Gasteiger partial charge in [0.25, 0.3) is 5.91 Å². The van der Waals surface area contributed by atoms with Crippen LogP contribution in [-0.4, -0.2) is 67.6 Å². The molecule has 2 heterocycles. The molecule has 0 saturated carbocycles. The fourth-order valence-corrected chi connectivity index (χ4v) is 4.37. The number of piperazine rings is 1. The van der Waals surface area contributed by atoms with Crippen LogP contribution in [0.15, 0.2) is 54.6 Å². The first kappa shape index (κ1) is 19.0. The Labute approximate surface area is 167 Å². The monoisotopic (exact) mass is 378 g/mol. The molecule has 2 aromatic carbocycles. The third kappa shape index (κ3) is 3.91. The summed E-state index contributed by atoms with van der Waals surface area (Å²) in [6, 6.07) is 18.4. The molecule has 2 atom stereocenters. The number of benzene rings is 2. The summed E-state index contributed by atoms with van der Waals surface area (Å²) >= 11 is 0. The lowest BCUT2D eigenvalue weighted by atomic mass is 9.95. The van der Waals surface area contributed by atoms with Gasteiger partial charge in [-0.25, -0.2) is 0 Å². The van der Waals surface area contributed by atoms with Crippen LogP contribution in [0, 0.1) is 0 Å². The zero-order valence-electron chi connectivity index (χ0n) is 16.6. The molecule has 2 aliphatic heterocycles. The lowest BCUT2D eigenvalue weighted by Crippen LogP contribution is -2.46. The molecule has 0 radical (unpaired) electrons. The van der Waals surface area contributed by atoms with Crippen molar-refractivity contribution in [3.05, 3.63) is 65.7 Å². The van der Waals surface area contributed by atoms with Crippen molar-refractivity contribution in [2.24, 2.45) is 5.73 Å². The zero-order chi connectivity index (χ0) is 19.5. The number of nitrogens with two attached hydrogens (primary N) is 1. The topological polar surface area (TPSA) is 52.8 Å². The Balaban J connectivity index is 1.40. The lowest BCUT2D eigenvalue weighted by Gasteiger charge is -2.35. The smallest absolute Gasteiger partial charge is 0.253 e. The summed E-state index contributed by atoms with van der Waals surface area (Å²) in [6.45, 7) is 8.91. The van der Waals surface area contributed by atoms with Gasteiger partial charge in [0.15, 0.2) is 0 Å². The summed E-state index contributed by atoms with van der Waals surface area (Å²) in [4.78, 5) is 19.8. The van der Waals surface area contributed by atoms with Crippen LogP contribution in [0.3, 0.4) is 0 Å². The Morgan fingerprint density at radius 2 is 1.64 bits per heavy atom. The number of rotatable bonds is 4. The second kappa shape index (κ2) is 8.33. The quantitative estimate of drug-likeness (QED) is 0.888. The van der Waals surface area contributed by atoms with E-state index in [9.17, 15) is 4.79 Å². The molecule has 5 nitrogen and oxygen atoms in total. The first-order valence-electron chi connectivity index (χ1n) is 10.3. The van der Waals surface area contributed by atoms with E-state index in [0.29, 0.717) is 13.1 Å². The number of carbonyl (C=O) groups is 1. The first-order valence-corrected chi connectivity index (χ1v) is 10.3. The highest BCUT2D eigenvalue weighted by atomic mass is 16.2. The Morgan fingerprint density at radius 1 is 0.964 bits per heavy atom. The largest absolute Gasteiger partial charge is 0.369 e. The molecule has 0 unspecified atom stereocenters. The fourth-order valence-electron chi connectivity index (χ4n) is 4.37.